The number of carboxylic acid groups (broad SMARTS) is 1. The van der Waals surface area contributed by atoms with E-state index in [0.717, 1.165) is 70.3 Å². The van der Waals surface area contributed by atoms with Crippen LogP contribution >= 0.6 is 35.1 Å². The Morgan fingerprint density at radius 3 is 1.59 bits per heavy atom. The first-order chi connectivity index (χ1) is 31.7. The van der Waals surface area contributed by atoms with Gasteiger partial charge in [-0.25, -0.2) is 14.8 Å². The van der Waals surface area contributed by atoms with Gasteiger partial charge in [-0.1, -0.05) is 57.7 Å². The van der Waals surface area contributed by atoms with E-state index in [0.29, 0.717) is 63.3 Å². The van der Waals surface area contributed by atoms with Crippen LogP contribution in [0.25, 0.3) is 12.2 Å². The molecule has 4 aromatic rings. The predicted octanol–water partition coefficient (Wildman–Crippen LogP) is 7.82. The van der Waals surface area contributed by atoms with Crippen molar-refractivity contribution in [3.05, 3.63) is 128 Å². The molecule has 0 bridgehead atoms. The fourth-order valence-electron chi connectivity index (χ4n) is 7.06. The molecule has 0 saturated carbocycles. The van der Waals surface area contributed by atoms with Crippen LogP contribution in [0.4, 0.5) is 11.6 Å². The van der Waals surface area contributed by atoms with E-state index in [1.165, 1.54) is 40.4 Å². The van der Waals surface area contributed by atoms with Gasteiger partial charge in [0.15, 0.2) is 0 Å². The Morgan fingerprint density at radius 2 is 1.19 bits per heavy atom. The summed E-state index contributed by atoms with van der Waals surface area (Å²) in [5, 5.41) is 21.6. The average Bonchev–Trinajstić information content (AvgIpc) is 4.05. The van der Waals surface area contributed by atoms with Crippen molar-refractivity contribution in [2.24, 2.45) is 0 Å². The van der Waals surface area contributed by atoms with Gasteiger partial charge in [-0.3, -0.25) is 24.2 Å². The normalized spacial score (nSPS) is 16.0. The molecular formula is C51H71ClN8O7S2. The molecule has 0 radical (unpaired) electrons. The lowest BCUT2D eigenvalue weighted by atomic mass is 10.0. The van der Waals surface area contributed by atoms with Crippen molar-refractivity contribution in [2.45, 2.75) is 48.0 Å². The average molecular weight is 1010 g/mol. The number of ether oxygens (including phenoxy) is 2. The number of aliphatic carboxylic acids is 1. The van der Waals surface area contributed by atoms with Crippen molar-refractivity contribution in [2.75, 3.05) is 103 Å². The Labute approximate surface area is 422 Å². The third kappa shape index (κ3) is 22.7. The molecule has 376 valence electrons. The van der Waals surface area contributed by atoms with Gasteiger partial charge in [-0.15, -0.1) is 35.1 Å². The van der Waals surface area contributed by atoms with Crippen molar-refractivity contribution in [1.29, 1.82) is 0 Å². The molecule has 0 atom stereocenters. The third-order valence-corrected chi connectivity index (χ3v) is 12.4. The number of carbonyl (C=O) groups excluding carboxylic acids is 3. The molecule has 2 fully saturated rings. The Hall–Kier alpha value is -5.37. The summed E-state index contributed by atoms with van der Waals surface area (Å²) in [6.07, 6.45) is 17.8. The van der Waals surface area contributed by atoms with Crippen molar-refractivity contribution in [3.63, 3.8) is 0 Å². The van der Waals surface area contributed by atoms with E-state index in [1.807, 2.05) is 27.2 Å². The summed E-state index contributed by atoms with van der Waals surface area (Å²) in [6, 6.07) is 15.5. The first kappa shape index (κ1) is 59.8. The first-order valence-electron chi connectivity index (χ1n) is 21.9. The molecule has 0 spiro atoms. The van der Waals surface area contributed by atoms with E-state index in [4.69, 9.17) is 14.6 Å². The highest BCUT2D eigenvalue weighted by molar-refractivity contribution is 7.10. The van der Waals surface area contributed by atoms with E-state index in [9.17, 15) is 19.2 Å². The summed E-state index contributed by atoms with van der Waals surface area (Å²) in [5.74, 6) is -0.281. The number of hydrogen-bond donors (Lipinski definition) is 4. The number of aromatic nitrogens is 2. The van der Waals surface area contributed by atoms with Gasteiger partial charge in [0, 0.05) is 93.0 Å². The summed E-state index contributed by atoms with van der Waals surface area (Å²) in [4.78, 5) is 64.1. The molecule has 4 aromatic heterocycles. The number of amides is 3. The van der Waals surface area contributed by atoms with Crippen molar-refractivity contribution in [1.82, 2.24) is 30.0 Å². The molecule has 4 aliphatic rings. The van der Waals surface area contributed by atoms with Gasteiger partial charge in [-0.05, 0) is 89.8 Å². The van der Waals surface area contributed by atoms with Crippen LogP contribution in [-0.4, -0.2) is 145 Å². The number of nitrogens with one attached hydrogen (secondary N) is 3. The Kier molecular flexibility index (Phi) is 28.8. The van der Waals surface area contributed by atoms with Gasteiger partial charge in [-0.2, -0.15) is 0 Å². The summed E-state index contributed by atoms with van der Waals surface area (Å²) in [6.45, 7) is 9.90. The fraction of sp³-hybridized carbons (Fsp3) is 0.412. The van der Waals surface area contributed by atoms with Crippen LogP contribution in [0.15, 0.2) is 107 Å². The maximum Gasteiger partial charge on any atom is 0.328 e. The van der Waals surface area contributed by atoms with Crippen LogP contribution in [0.5, 0.6) is 0 Å². The van der Waals surface area contributed by atoms with Gasteiger partial charge in [0.2, 0.25) is 17.7 Å². The zero-order chi connectivity index (χ0) is 45.5. The van der Waals surface area contributed by atoms with Crippen LogP contribution in [-0.2, 0) is 41.5 Å². The minimum Gasteiger partial charge on any atom is -0.478 e. The Bertz CT molecular complexity index is 2220. The standard InChI is InChI=1S/C24H28N4O3S.C14H17N3O4.C10H13NS.3CH4.ClH/c29-23(18-27-11-13-31-14-12-27)26-22-5-3-20(17-25-22)4-6-24(30)28-9-7-19(8-10-28)16-21-2-1-15-32-21;18-13(10-17-5-7-21-8-6-17)16-12-3-1-11(9-15-12)2-4-14(19)20;1-2-10(12-7-1)8-9-3-5-11-6-4-9;;;;/h1-7,15,17H,8-14,16,18H2,(H,25,26,29);1-4,9H,5-8,10H2,(H,19,20)(H,15,16,18);1-3,7,11H,4-6,8H2;3*1H4;1H/b6-4+;4-2+;;;;;. The number of pyridine rings is 2. The summed E-state index contributed by atoms with van der Waals surface area (Å²) in [5.41, 5.74) is 4.46. The zero-order valence-corrected chi connectivity index (χ0v) is 39.4. The lowest BCUT2D eigenvalue weighted by Gasteiger charge is -2.25. The number of hydrogen-bond acceptors (Lipinski definition) is 13. The zero-order valence-electron chi connectivity index (χ0n) is 37.0. The van der Waals surface area contributed by atoms with Crippen LogP contribution in [0.2, 0.25) is 0 Å². The number of carbonyl (C=O) groups is 4. The molecule has 2 saturated heterocycles. The number of thiophene rings is 2. The molecule has 4 aliphatic heterocycles. The number of carboxylic acids is 1. The van der Waals surface area contributed by atoms with Crippen LogP contribution in [0.3, 0.4) is 0 Å². The van der Waals surface area contributed by atoms with E-state index in [2.05, 4.69) is 78.0 Å². The van der Waals surface area contributed by atoms with Gasteiger partial charge in [0.05, 0.1) is 39.5 Å². The molecule has 0 aromatic carbocycles. The number of nitrogens with zero attached hydrogens (tertiary/aromatic N) is 5. The highest BCUT2D eigenvalue weighted by Crippen LogP contribution is 2.20. The monoisotopic (exact) mass is 1010 g/mol. The summed E-state index contributed by atoms with van der Waals surface area (Å²) >= 11 is 3.63. The molecule has 8 rings (SSSR count). The predicted molar refractivity (Wildman–Crippen MR) is 284 cm³/mol. The molecule has 8 heterocycles. The highest BCUT2D eigenvalue weighted by atomic mass is 35.5. The lowest BCUT2D eigenvalue weighted by Crippen LogP contribution is -2.41. The summed E-state index contributed by atoms with van der Waals surface area (Å²) in [7, 11) is 0. The lowest BCUT2D eigenvalue weighted by molar-refractivity contribution is -0.131. The maximum absolute atomic E-state index is 12.5. The van der Waals surface area contributed by atoms with Gasteiger partial charge in [0.1, 0.15) is 11.6 Å². The molecule has 0 aliphatic carbocycles. The van der Waals surface area contributed by atoms with E-state index in [1.54, 1.807) is 53.5 Å². The van der Waals surface area contributed by atoms with Gasteiger partial charge >= 0.3 is 5.97 Å². The van der Waals surface area contributed by atoms with Crippen molar-refractivity contribution < 1.29 is 33.8 Å². The number of morpholine rings is 2. The minimum absolute atomic E-state index is 0. The SMILES string of the molecule is C.C.C.C1=C(Cc2cccs2)CCNC1.Cl.O=C(CN1CCOCC1)Nc1ccc(/C=C/C(=O)N2CC=C(Cc3cccs3)CC2)cn1.O=C(O)/C=C/c1ccc(NC(=O)CN2CCOCC2)nc1. The van der Waals surface area contributed by atoms with E-state index in [-0.39, 0.29) is 52.4 Å². The van der Waals surface area contributed by atoms with Gasteiger partial charge in [0.25, 0.3) is 0 Å². The van der Waals surface area contributed by atoms with Gasteiger partial charge < -0.3 is 35.4 Å². The van der Waals surface area contributed by atoms with Crippen molar-refractivity contribution >= 4 is 82.6 Å². The summed E-state index contributed by atoms with van der Waals surface area (Å²) < 4.78 is 10.5. The Morgan fingerprint density at radius 1 is 0.681 bits per heavy atom. The van der Waals surface area contributed by atoms with Crippen LogP contribution in [0.1, 0.15) is 56.0 Å². The second kappa shape index (κ2) is 33.2. The second-order valence-corrected chi connectivity index (χ2v) is 17.6. The topological polar surface area (TPSA) is 179 Å². The fourth-order valence-corrected chi connectivity index (χ4v) is 8.58. The van der Waals surface area contributed by atoms with Crippen LogP contribution in [0, 0.1) is 0 Å². The van der Waals surface area contributed by atoms with Crippen molar-refractivity contribution in [3.8, 4) is 0 Å². The molecule has 69 heavy (non-hydrogen) atoms. The third-order valence-electron chi connectivity index (χ3n) is 10.6. The number of rotatable bonds is 14. The quantitative estimate of drug-likeness (QED) is 0.0713. The highest BCUT2D eigenvalue weighted by Gasteiger charge is 2.17. The number of anilines is 2. The molecule has 3 amide bonds. The molecule has 18 heteroatoms. The molecule has 0 unspecified atom stereocenters. The molecule has 4 N–H and O–H groups in total. The number of halogens is 1. The maximum atomic E-state index is 12.5. The molecule has 15 nitrogen and oxygen atoms in total. The largest absolute Gasteiger partial charge is 0.478 e. The smallest absolute Gasteiger partial charge is 0.328 e. The molecular weight excluding hydrogens is 936 g/mol. The van der Waals surface area contributed by atoms with E-state index < -0.39 is 5.97 Å². The second-order valence-electron chi connectivity index (χ2n) is 15.6. The first-order valence-corrected chi connectivity index (χ1v) is 23.6. The Balaban J connectivity index is 0.000000381. The van der Waals surface area contributed by atoms with Crippen LogP contribution < -0.4 is 16.0 Å². The van der Waals surface area contributed by atoms with E-state index >= 15 is 0 Å². The minimum atomic E-state index is -1.02.